The molecule has 0 radical (unpaired) electrons. The lowest BCUT2D eigenvalue weighted by molar-refractivity contribution is 0.0537. The number of piperazine rings is 1. The van der Waals surface area contributed by atoms with Gasteiger partial charge in [-0.25, -0.2) is 4.52 Å². The van der Waals surface area contributed by atoms with Crippen molar-refractivity contribution < 1.29 is 9.59 Å². The first kappa shape index (κ1) is 14.9. The Labute approximate surface area is 142 Å². The fourth-order valence-electron chi connectivity index (χ4n) is 2.95. The Morgan fingerprint density at radius 2 is 1.75 bits per heavy atom. The summed E-state index contributed by atoms with van der Waals surface area (Å²) in [6.45, 7) is 2.19. The van der Waals surface area contributed by atoms with Crippen molar-refractivity contribution in [2.75, 3.05) is 26.2 Å². The normalized spacial score (nSPS) is 15.0. The first-order chi connectivity index (χ1) is 11.7. The number of hydrogen-bond donors (Lipinski definition) is 0. The van der Waals surface area contributed by atoms with Crippen molar-refractivity contribution in [2.45, 2.75) is 0 Å². The number of pyridine rings is 1. The van der Waals surface area contributed by atoms with E-state index in [1.807, 2.05) is 46.1 Å². The zero-order valence-electron chi connectivity index (χ0n) is 13.0. The summed E-state index contributed by atoms with van der Waals surface area (Å²) in [6.07, 6.45) is 3.43. The van der Waals surface area contributed by atoms with Gasteiger partial charge in [0.05, 0.1) is 22.8 Å². The average Bonchev–Trinajstić information content (AvgIpc) is 3.30. The summed E-state index contributed by atoms with van der Waals surface area (Å²) in [4.78, 5) is 28.7. The summed E-state index contributed by atoms with van der Waals surface area (Å²) in [5, 5.41) is 7.98. The molecule has 3 aromatic heterocycles. The van der Waals surface area contributed by atoms with E-state index in [1.54, 1.807) is 15.6 Å². The Morgan fingerprint density at radius 3 is 2.46 bits per heavy atom. The van der Waals surface area contributed by atoms with Crippen LogP contribution in [0.25, 0.3) is 5.52 Å². The summed E-state index contributed by atoms with van der Waals surface area (Å²) in [6, 6.07) is 7.49. The van der Waals surface area contributed by atoms with Crippen LogP contribution in [-0.4, -0.2) is 57.4 Å². The van der Waals surface area contributed by atoms with Crippen molar-refractivity contribution in [1.29, 1.82) is 0 Å². The number of fused-ring (bicyclic) bond motifs is 1. The molecule has 7 heteroatoms. The lowest BCUT2D eigenvalue weighted by atomic mass is 10.2. The number of amides is 2. The highest BCUT2D eigenvalue weighted by molar-refractivity contribution is 7.08. The van der Waals surface area contributed by atoms with Crippen LogP contribution >= 0.6 is 11.3 Å². The molecule has 0 unspecified atom stereocenters. The van der Waals surface area contributed by atoms with Gasteiger partial charge in [-0.15, -0.1) is 0 Å². The molecule has 6 nitrogen and oxygen atoms in total. The molecule has 122 valence electrons. The minimum absolute atomic E-state index is 0.0289. The quantitative estimate of drug-likeness (QED) is 0.717. The number of carbonyl (C=O) groups excluding carboxylic acids is 2. The number of hydrogen-bond acceptors (Lipinski definition) is 4. The molecular weight excluding hydrogens is 324 g/mol. The maximum absolute atomic E-state index is 12.8. The summed E-state index contributed by atoms with van der Waals surface area (Å²) >= 11 is 1.52. The van der Waals surface area contributed by atoms with Gasteiger partial charge >= 0.3 is 0 Å². The van der Waals surface area contributed by atoms with E-state index in [0.717, 1.165) is 11.1 Å². The van der Waals surface area contributed by atoms with Crippen molar-refractivity contribution in [3.63, 3.8) is 0 Å². The van der Waals surface area contributed by atoms with Crippen LogP contribution in [0.5, 0.6) is 0 Å². The van der Waals surface area contributed by atoms with E-state index in [2.05, 4.69) is 5.10 Å². The molecule has 0 aliphatic carbocycles. The predicted octanol–water partition coefficient (Wildman–Crippen LogP) is 1.99. The minimum Gasteiger partial charge on any atom is -0.335 e. The van der Waals surface area contributed by atoms with Crippen molar-refractivity contribution in [2.24, 2.45) is 0 Å². The molecule has 4 heterocycles. The van der Waals surface area contributed by atoms with Gasteiger partial charge < -0.3 is 9.80 Å². The molecule has 0 aromatic carbocycles. The van der Waals surface area contributed by atoms with E-state index in [4.69, 9.17) is 0 Å². The van der Waals surface area contributed by atoms with Crippen LogP contribution in [0.2, 0.25) is 0 Å². The van der Waals surface area contributed by atoms with Crippen molar-refractivity contribution in [3.8, 4) is 0 Å². The molecule has 24 heavy (non-hydrogen) atoms. The molecule has 0 N–H and O–H groups in total. The Balaban J connectivity index is 1.46. The van der Waals surface area contributed by atoms with E-state index >= 15 is 0 Å². The zero-order chi connectivity index (χ0) is 16.5. The lowest BCUT2D eigenvalue weighted by Crippen LogP contribution is -2.50. The third-order valence-corrected chi connectivity index (χ3v) is 4.96. The standard InChI is InChI=1S/C17H16N4O2S/c22-16(13-4-10-24-12-13)19-6-8-20(9-7-19)17(23)14-11-18-21-5-2-1-3-15(14)21/h1-5,10-12H,6-9H2. The van der Waals surface area contributed by atoms with E-state index in [1.165, 1.54) is 11.3 Å². The zero-order valence-corrected chi connectivity index (χ0v) is 13.8. The summed E-state index contributed by atoms with van der Waals surface area (Å²) in [7, 11) is 0. The number of rotatable bonds is 2. The van der Waals surface area contributed by atoms with Crippen LogP contribution in [0.15, 0.2) is 47.4 Å². The van der Waals surface area contributed by atoms with Crippen molar-refractivity contribution >= 4 is 28.7 Å². The van der Waals surface area contributed by atoms with Gasteiger partial charge in [0.2, 0.25) is 0 Å². The SMILES string of the molecule is O=C(c1ccsc1)N1CCN(C(=O)c2cnn3ccccc23)CC1. The Hall–Kier alpha value is -2.67. The van der Waals surface area contributed by atoms with E-state index in [0.29, 0.717) is 31.7 Å². The smallest absolute Gasteiger partial charge is 0.257 e. The predicted molar refractivity (Wildman–Crippen MR) is 91.3 cm³/mol. The Kier molecular flexibility index (Phi) is 3.78. The first-order valence-corrected chi connectivity index (χ1v) is 8.71. The Bertz CT molecular complexity index is 879. The molecule has 1 saturated heterocycles. The molecular formula is C17H16N4O2S. The summed E-state index contributed by atoms with van der Waals surface area (Å²) in [5.74, 6) is 0.0122. The maximum Gasteiger partial charge on any atom is 0.257 e. The van der Waals surface area contributed by atoms with E-state index < -0.39 is 0 Å². The van der Waals surface area contributed by atoms with Gasteiger partial charge in [-0.1, -0.05) is 6.07 Å². The molecule has 1 aliphatic rings. The van der Waals surface area contributed by atoms with Gasteiger partial charge in [-0.3, -0.25) is 9.59 Å². The van der Waals surface area contributed by atoms with Gasteiger partial charge in [0.1, 0.15) is 0 Å². The second-order valence-corrected chi connectivity index (χ2v) is 6.47. The molecule has 0 atom stereocenters. The maximum atomic E-state index is 12.8. The van der Waals surface area contributed by atoms with Crippen LogP contribution in [0.4, 0.5) is 0 Å². The molecule has 0 spiro atoms. The summed E-state index contributed by atoms with van der Waals surface area (Å²) in [5.41, 5.74) is 2.13. The van der Waals surface area contributed by atoms with Gasteiger partial charge in [0, 0.05) is 37.8 Å². The molecule has 0 bridgehead atoms. The van der Waals surface area contributed by atoms with Gasteiger partial charge in [-0.05, 0) is 23.6 Å². The third-order valence-electron chi connectivity index (χ3n) is 4.28. The Morgan fingerprint density at radius 1 is 1.00 bits per heavy atom. The molecule has 1 fully saturated rings. The molecule has 2 amide bonds. The molecule has 1 aliphatic heterocycles. The average molecular weight is 340 g/mol. The highest BCUT2D eigenvalue weighted by Crippen LogP contribution is 2.16. The van der Waals surface area contributed by atoms with Crippen LogP contribution in [-0.2, 0) is 0 Å². The van der Waals surface area contributed by atoms with Gasteiger partial charge in [0.25, 0.3) is 11.8 Å². The fraction of sp³-hybridized carbons (Fsp3) is 0.235. The van der Waals surface area contributed by atoms with Gasteiger partial charge in [0.15, 0.2) is 0 Å². The van der Waals surface area contributed by atoms with Crippen molar-refractivity contribution in [1.82, 2.24) is 19.4 Å². The van der Waals surface area contributed by atoms with Crippen LogP contribution in [0.1, 0.15) is 20.7 Å². The van der Waals surface area contributed by atoms with E-state index in [9.17, 15) is 9.59 Å². The van der Waals surface area contributed by atoms with E-state index in [-0.39, 0.29) is 11.8 Å². The number of carbonyl (C=O) groups is 2. The number of nitrogens with zero attached hydrogens (tertiary/aromatic N) is 4. The summed E-state index contributed by atoms with van der Waals surface area (Å²) < 4.78 is 1.70. The molecule has 4 rings (SSSR count). The third kappa shape index (κ3) is 2.56. The fourth-order valence-corrected chi connectivity index (χ4v) is 3.58. The highest BCUT2D eigenvalue weighted by Gasteiger charge is 2.27. The second-order valence-electron chi connectivity index (χ2n) is 5.69. The molecule has 0 saturated carbocycles. The second kappa shape index (κ2) is 6.09. The minimum atomic E-state index is -0.0289. The number of aromatic nitrogens is 2. The van der Waals surface area contributed by atoms with Crippen LogP contribution < -0.4 is 0 Å². The largest absolute Gasteiger partial charge is 0.335 e. The monoisotopic (exact) mass is 340 g/mol. The highest BCUT2D eigenvalue weighted by atomic mass is 32.1. The van der Waals surface area contributed by atoms with Crippen LogP contribution in [0, 0.1) is 0 Å². The first-order valence-electron chi connectivity index (χ1n) is 7.77. The molecule has 3 aromatic rings. The topological polar surface area (TPSA) is 57.9 Å². The van der Waals surface area contributed by atoms with Crippen molar-refractivity contribution in [3.05, 3.63) is 58.5 Å². The van der Waals surface area contributed by atoms with Gasteiger partial charge in [-0.2, -0.15) is 16.4 Å². The number of thiophene rings is 1. The lowest BCUT2D eigenvalue weighted by Gasteiger charge is -2.34. The van der Waals surface area contributed by atoms with Crippen LogP contribution in [0.3, 0.4) is 0 Å².